The molecule has 2 N–H and O–H groups in total. The van der Waals surface area contributed by atoms with E-state index in [1.165, 1.54) is 25.7 Å². The van der Waals surface area contributed by atoms with Crippen LogP contribution < -0.4 is 5.73 Å². The van der Waals surface area contributed by atoms with Gasteiger partial charge in [0.2, 0.25) is 11.8 Å². The van der Waals surface area contributed by atoms with Gasteiger partial charge in [0.15, 0.2) is 0 Å². The van der Waals surface area contributed by atoms with Crippen molar-refractivity contribution in [3.63, 3.8) is 0 Å². The molecule has 0 aromatic heterocycles. The van der Waals surface area contributed by atoms with Gasteiger partial charge in [0, 0.05) is 12.5 Å². The number of carbonyl (C=O) groups is 2. The number of rotatable bonds is 2. The van der Waals surface area contributed by atoms with Crippen molar-refractivity contribution in [2.24, 2.45) is 11.7 Å². The molecule has 0 aromatic carbocycles. The van der Waals surface area contributed by atoms with Gasteiger partial charge in [-0.05, 0) is 18.8 Å². The Morgan fingerprint density at radius 1 is 1.25 bits per heavy atom. The Morgan fingerprint density at radius 3 is 2.62 bits per heavy atom. The fourth-order valence-corrected chi connectivity index (χ4v) is 3.09. The van der Waals surface area contributed by atoms with E-state index in [1.54, 1.807) is 4.90 Å². The lowest BCUT2D eigenvalue weighted by atomic mass is 9.87. The van der Waals surface area contributed by atoms with Crippen molar-refractivity contribution < 1.29 is 9.59 Å². The summed E-state index contributed by atoms with van der Waals surface area (Å²) in [6.07, 6.45) is 7.73. The van der Waals surface area contributed by atoms with E-state index in [1.807, 2.05) is 0 Å². The Bertz CT molecular complexity index is 291. The lowest BCUT2D eigenvalue weighted by molar-refractivity contribution is -0.133. The maximum absolute atomic E-state index is 11.8. The fraction of sp³-hybridized carbons (Fsp3) is 0.833. The minimum Gasteiger partial charge on any atom is -0.368 e. The average Bonchev–Trinajstić information content (AvgIpc) is 2.43. The van der Waals surface area contributed by atoms with E-state index in [0.717, 1.165) is 12.8 Å². The SMILES string of the molecule is NC(=O)CN1C(=O)CC2CCCCCCC21. The van der Waals surface area contributed by atoms with Gasteiger partial charge in [0.25, 0.3) is 0 Å². The molecule has 2 amide bonds. The molecule has 0 radical (unpaired) electrons. The van der Waals surface area contributed by atoms with Gasteiger partial charge in [-0.15, -0.1) is 0 Å². The third-order valence-electron chi connectivity index (χ3n) is 3.85. The maximum Gasteiger partial charge on any atom is 0.237 e. The molecule has 0 aromatic rings. The van der Waals surface area contributed by atoms with E-state index in [-0.39, 0.29) is 18.5 Å². The van der Waals surface area contributed by atoms with Crippen molar-refractivity contribution in [1.82, 2.24) is 4.90 Å². The van der Waals surface area contributed by atoms with Crippen molar-refractivity contribution in [3.05, 3.63) is 0 Å². The van der Waals surface area contributed by atoms with Crippen LogP contribution in [-0.2, 0) is 9.59 Å². The van der Waals surface area contributed by atoms with Crippen molar-refractivity contribution in [1.29, 1.82) is 0 Å². The average molecular weight is 224 g/mol. The Kier molecular flexibility index (Phi) is 3.46. The van der Waals surface area contributed by atoms with Gasteiger partial charge in [0.1, 0.15) is 0 Å². The number of primary amides is 1. The summed E-state index contributed by atoms with van der Waals surface area (Å²) in [5, 5.41) is 0. The number of likely N-dealkylation sites (tertiary alicyclic amines) is 1. The van der Waals surface area contributed by atoms with E-state index in [4.69, 9.17) is 5.73 Å². The minimum absolute atomic E-state index is 0.111. The highest BCUT2D eigenvalue weighted by atomic mass is 16.2. The van der Waals surface area contributed by atoms with Crippen LogP contribution in [0.1, 0.15) is 44.9 Å². The van der Waals surface area contributed by atoms with Crippen LogP contribution in [0.15, 0.2) is 0 Å². The number of hydrogen-bond acceptors (Lipinski definition) is 2. The first kappa shape index (κ1) is 11.4. The molecule has 0 spiro atoms. The summed E-state index contributed by atoms with van der Waals surface area (Å²) in [5.41, 5.74) is 5.19. The predicted octanol–water partition coefficient (Wildman–Crippen LogP) is 1.04. The van der Waals surface area contributed by atoms with Crippen LogP contribution in [0.4, 0.5) is 0 Å². The van der Waals surface area contributed by atoms with Gasteiger partial charge in [-0.3, -0.25) is 9.59 Å². The van der Waals surface area contributed by atoms with Crippen molar-refractivity contribution in [2.75, 3.05) is 6.54 Å². The van der Waals surface area contributed by atoms with Crippen LogP contribution in [0.5, 0.6) is 0 Å². The molecule has 4 heteroatoms. The molecule has 1 aliphatic heterocycles. The van der Waals surface area contributed by atoms with Crippen LogP contribution >= 0.6 is 0 Å². The monoisotopic (exact) mass is 224 g/mol. The summed E-state index contributed by atoms with van der Waals surface area (Å²) in [4.78, 5) is 24.5. The second-order valence-electron chi connectivity index (χ2n) is 5.01. The van der Waals surface area contributed by atoms with E-state index in [2.05, 4.69) is 0 Å². The number of hydrogen-bond donors (Lipinski definition) is 1. The molecule has 1 heterocycles. The van der Waals surface area contributed by atoms with Crippen molar-refractivity contribution in [2.45, 2.75) is 51.0 Å². The molecular formula is C12H20N2O2. The Morgan fingerprint density at radius 2 is 1.94 bits per heavy atom. The topological polar surface area (TPSA) is 63.4 Å². The summed E-state index contributed by atoms with van der Waals surface area (Å²) in [7, 11) is 0. The number of nitrogens with zero attached hydrogens (tertiary/aromatic N) is 1. The molecule has 4 nitrogen and oxygen atoms in total. The smallest absolute Gasteiger partial charge is 0.237 e. The third-order valence-corrected chi connectivity index (χ3v) is 3.85. The molecule has 90 valence electrons. The first-order valence-electron chi connectivity index (χ1n) is 6.26. The largest absolute Gasteiger partial charge is 0.368 e. The van der Waals surface area contributed by atoms with Gasteiger partial charge in [0.05, 0.1) is 6.54 Å². The van der Waals surface area contributed by atoms with Gasteiger partial charge < -0.3 is 10.6 Å². The Labute approximate surface area is 96.2 Å². The highest BCUT2D eigenvalue weighted by Gasteiger charge is 2.39. The second-order valence-corrected chi connectivity index (χ2v) is 5.01. The molecule has 0 bridgehead atoms. The normalized spacial score (nSPS) is 30.8. The van der Waals surface area contributed by atoms with Crippen LogP contribution in [0.25, 0.3) is 0 Å². The molecular weight excluding hydrogens is 204 g/mol. The number of carbonyl (C=O) groups excluding carboxylic acids is 2. The zero-order chi connectivity index (χ0) is 11.5. The van der Waals surface area contributed by atoms with E-state index in [0.29, 0.717) is 12.3 Å². The minimum atomic E-state index is -0.393. The van der Waals surface area contributed by atoms with Crippen LogP contribution in [0.3, 0.4) is 0 Å². The van der Waals surface area contributed by atoms with Crippen LogP contribution in [0.2, 0.25) is 0 Å². The van der Waals surface area contributed by atoms with Gasteiger partial charge in [-0.25, -0.2) is 0 Å². The zero-order valence-electron chi connectivity index (χ0n) is 9.65. The molecule has 2 rings (SSSR count). The fourth-order valence-electron chi connectivity index (χ4n) is 3.09. The van der Waals surface area contributed by atoms with Gasteiger partial charge in [-0.1, -0.05) is 25.7 Å². The van der Waals surface area contributed by atoms with E-state index < -0.39 is 5.91 Å². The molecule has 16 heavy (non-hydrogen) atoms. The summed E-state index contributed by atoms with van der Waals surface area (Å²) < 4.78 is 0. The lowest BCUT2D eigenvalue weighted by Crippen LogP contribution is -2.41. The van der Waals surface area contributed by atoms with E-state index >= 15 is 0 Å². The predicted molar refractivity (Wildman–Crippen MR) is 60.5 cm³/mol. The Balaban J connectivity index is 2.06. The molecule has 1 aliphatic carbocycles. The molecule has 2 fully saturated rings. The molecule has 2 aliphatic rings. The molecule has 2 atom stereocenters. The van der Waals surface area contributed by atoms with Crippen molar-refractivity contribution in [3.8, 4) is 0 Å². The summed E-state index contributed by atoms with van der Waals surface area (Å²) >= 11 is 0. The van der Waals surface area contributed by atoms with Crippen molar-refractivity contribution >= 4 is 11.8 Å². The first-order valence-corrected chi connectivity index (χ1v) is 6.26. The summed E-state index contributed by atoms with van der Waals surface area (Å²) in [6.45, 7) is 0.111. The molecule has 2 unspecified atom stereocenters. The molecule has 1 saturated carbocycles. The summed E-state index contributed by atoms with van der Waals surface area (Å²) in [6, 6.07) is 0.278. The summed E-state index contributed by atoms with van der Waals surface area (Å²) in [5.74, 6) is 0.193. The van der Waals surface area contributed by atoms with E-state index in [9.17, 15) is 9.59 Å². The zero-order valence-corrected chi connectivity index (χ0v) is 9.65. The highest BCUT2D eigenvalue weighted by Crippen LogP contribution is 2.34. The van der Waals surface area contributed by atoms with Gasteiger partial charge in [-0.2, -0.15) is 0 Å². The first-order chi connectivity index (χ1) is 7.68. The second kappa shape index (κ2) is 4.85. The maximum atomic E-state index is 11.8. The number of amides is 2. The standard InChI is InChI=1S/C12H20N2O2/c13-11(15)8-14-10-6-4-2-1-3-5-9(10)7-12(14)16/h9-10H,1-8H2,(H2,13,15). The quantitative estimate of drug-likeness (QED) is 0.761. The number of fused-ring (bicyclic) bond motifs is 1. The lowest BCUT2D eigenvalue weighted by Gasteiger charge is -2.28. The number of nitrogens with two attached hydrogens (primary N) is 1. The molecule has 1 saturated heterocycles. The Hall–Kier alpha value is -1.06. The van der Waals surface area contributed by atoms with Crippen LogP contribution in [-0.4, -0.2) is 29.3 Å². The third kappa shape index (κ3) is 2.36. The van der Waals surface area contributed by atoms with Gasteiger partial charge >= 0.3 is 0 Å². The van der Waals surface area contributed by atoms with Crippen LogP contribution in [0, 0.1) is 5.92 Å². The highest BCUT2D eigenvalue weighted by molar-refractivity contribution is 5.85.